The smallest absolute Gasteiger partial charge is 0.261 e. The molecule has 0 saturated carbocycles. The number of fused-ring (bicyclic) bond motifs is 2. The fourth-order valence-corrected chi connectivity index (χ4v) is 3.45. The lowest BCUT2D eigenvalue weighted by atomic mass is 10.1. The molecule has 0 unspecified atom stereocenters. The van der Waals surface area contributed by atoms with E-state index in [1.807, 2.05) is 12.1 Å². The first kappa shape index (κ1) is 16.7. The zero-order valence-corrected chi connectivity index (χ0v) is 15.3. The van der Waals surface area contributed by atoms with Crippen LogP contribution in [-0.2, 0) is 13.1 Å². The molecule has 0 bridgehead atoms. The molecular formula is C20H23N5O. The maximum Gasteiger partial charge on any atom is 0.261 e. The molecule has 134 valence electrons. The summed E-state index contributed by atoms with van der Waals surface area (Å²) in [6.07, 6.45) is 5.01. The van der Waals surface area contributed by atoms with Gasteiger partial charge >= 0.3 is 0 Å². The molecular weight excluding hydrogens is 326 g/mol. The van der Waals surface area contributed by atoms with Gasteiger partial charge in [0.25, 0.3) is 5.91 Å². The maximum absolute atomic E-state index is 12.8. The number of carbonyl (C=O) groups is 1. The van der Waals surface area contributed by atoms with E-state index in [4.69, 9.17) is 0 Å². The van der Waals surface area contributed by atoms with E-state index in [0.717, 1.165) is 18.8 Å². The van der Waals surface area contributed by atoms with E-state index in [2.05, 4.69) is 47.1 Å². The van der Waals surface area contributed by atoms with Crippen LogP contribution >= 0.6 is 0 Å². The van der Waals surface area contributed by atoms with Gasteiger partial charge in [0.2, 0.25) is 0 Å². The molecule has 4 rings (SSSR count). The van der Waals surface area contributed by atoms with Gasteiger partial charge in [0.1, 0.15) is 5.56 Å². The van der Waals surface area contributed by atoms with Crippen LogP contribution in [0, 0.1) is 5.92 Å². The van der Waals surface area contributed by atoms with Crippen molar-refractivity contribution in [3.63, 3.8) is 0 Å². The monoisotopic (exact) mass is 349 g/mol. The number of rotatable bonds is 4. The first-order chi connectivity index (χ1) is 12.5. The highest BCUT2D eigenvalue weighted by Crippen LogP contribution is 2.32. The van der Waals surface area contributed by atoms with Gasteiger partial charge in [-0.1, -0.05) is 26.0 Å². The predicted molar refractivity (Wildman–Crippen MR) is 101 cm³/mol. The van der Waals surface area contributed by atoms with E-state index in [-0.39, 0.29) is 5.91 Å². The van der Waals surface area contributed by atoms with Crippen LogP contribution in [-0.4, -0.2) is 31.4 Å². The van der Waals surface area contributed by atoms with Crippen LogP contribution in [0.5, 0.6) is 0 Å². The molecule has 0 spiro atoms. The van der Waals surface area contributed by atoms with Crippen LogP contribution in [0.4, 0.5) is 5.69 Å². The van der Waals surface area contributed by atoms with E-state index in [9.17, 15) is 4.79 Å². The summed E-state index contributed by atoms with van der Waals surface area (Å²) < 4.78 is 1.61. The molecule has 1 N–H and O–H groups in total. The minimum absolute atomic E-state index is 0.178. The summed E-state index contributed by atoms with van der Waals surface area (Å²) in [7, 11) is 0. The number of amides is 1. The first-order valence-electron chi connectivity index (χ1n) is 8.99. The average Bonchev–Trinajstić information content (AvgIpc) is 3.25. The Bertz CT molecular complexity index is 962. The third-order valence-electron chi connectivity index (χ3n) is 5.32. The van der Waals surface area contributed by atoms with E-state index in [0.29, 0.717) is 23.2 Å². The van der Waals surface area contributed by atoms with Crippen molar-refractivity contribution in [2.75, 3.05) is 5.32 Å². The van der Waals surface area contributed by atoms with E-state index >= 15 is 0 Å². The van der Waals surface area contributed by atoms with Gasteiger partial charge in [-0.05, 0) is 36.1 Å². The standard InChI is InChI=1S/C20H23N5O/c1-13(2)14(3)24-11-15-6-4-7-18(17(15)12-24)23-20(26)16-10-22-25-9-5-8-21-19(16)25/h4-10,13-14H,11-12H2,1-3H3,(H,23,26)/t14-/m1/s1. The Labute approximate surface area is 152 Å². The Hall–Kier alpha value is -2.73. The molecule has 1 aliphatic heterocycles. The summed E-state index contributed by atoms with van der Waals surface area (Å²) in [4.78, 5) is 19.5. The highest BCUT2D eigenvalue weighted by atomic mass is 16.1. The molecule has 0 radical (unpaired) electrons. The van der Waals surface area contributed by atoms with Gasteiger partial charge in [-0.2, -0.15) is 5.10 Å². The number of nitrogens with zero attached hydrogens (tertiary/aromatic N) is 4. The van der Waals surface area contributed by atoms with E-state index in [1.54, 1.807) is 29.2 Å². The number of hydrogen-bond donors (Lipinski definition) is 1. The molecule has 3 aromatic rings. The van der Waals surface area contributed by atoms with Crippen LogP contribution in [0.3, 0.4) is 0 Å². The SMILES string of the molecule is CC(C)[C@@H](C)N1Cc2cccc(NC(=O)c3cnn4cccnc34)c2C1. The second-order valence-corrected chi connectivity index (χ2v) is 7.23. The number of anilines is 1. The highest BCUT2D eigenvalue weighted by molar-refractivity contribution is 6.08. The van der Waals surface area contributed by atoms with Crippen LogP contribution < -0.4 is 5.32 Å². The number of nitrogens with one attached hydrogen (secondary N) is 1. The molecule has 1 amide bonds. The lowest BCUT2D eigenvalue weighted by Gasteiger charge is -2.27. The quantitative estimate of drug-likeness (QED) is 0.785. The van der Waals surface area contributed by atoms with Gasteiger partial charge in [-0.3, -0.25) is 9.69 Å². The fraction of sp³-hybridized carbons (Fsp3) is 0.350. The molecule has 0 saturated heterocycles. The molecule has 0 aliphatic carbocycles. The minimum Gasteiger partial charge on any atom is -0.322 e. The largest absolute Gasteiger partial charge is 0.322 e. The summed E-state index contributed by atoms with van der Waals surface area (Å²) in [5, 5.41) is 7.26. The fourth-order valence-electron chi connectivity index (χ4n) is 3.45. The number of carbonyl (C=O) groups excluding carboxylic acids is 1. The van der Waals surface area contributed by atoms with Crippen molar-refractivity contribution in [2.24, 2.45) is 5.92 Å². The Morgan fingerprint density at radius 1 is 1.19 bits per heavy atom. The molecule has 6 nitrogen and oxygen atoms in total. The van der Waals surface area contributed by atoms with Crippen LogP contribution in [0.2, 0.25) is 0 Å². The Morgan fingerprint density at radius 3 is 2.85 bits per heavy atom. The maximum atomic E-state index is 12.8. The lowest BCUT2D eigenvalue weighted by molar-refractivity contribution is 0.102. The molecule has 1 atom stereocenters. The molecule has 1 aromatic carbocycles. The van der Waals surface area contributed by atoms with Crippen molar-refractivity contribution in [1.29, 1.82) is 0 Å². The average molecular weight is 349 g/mol. The molecule has 2 aromatic heterocycles. The lowest BCUT2D eigenvalue weighted by Crippen LogP contribution is -2.32. The summed E-state index contributed by atoms with van der Waals surface area (Å²) >= 11 is 0. The molecule has 6 heteroatoms. The Balaban J connectivity index is 1.59. The summed E-state index contributed by atoms with van der Waals surface area (Å²) in [6, 6.07) is 8.41. The van der Waals surface area contributed by atoms with Crippen molar-refractivity contribution in [1.82, 2.24) is 19.5 Å². The van der Waals surface area contributed by atoms with E-state index in [1.165, 1.54) is 11.1 Å². The third-order valence-corrected chi connectivity index (χ3v) is 5.32. The second-order valence-electron chi connectivity index (χ2n) is 7.23. The first-order valence-corrected chi connectivity index (χ1v) is 8.99. The van der Waals surface area contributed by atoms with Crippen molar-refractivity contribution < 1.29 is 4.79 Å². The topological polar surface area (TPSA) is 62.5 Å². The van der Waals surface area contributed by atoms with Gasteiger partial charge in [0, 0.05) is 37.2 Å². The van der Waals surface area contributed by atoms with E-state index < -0.39 is 0 Å². The number of benzene rings is 1. The van der Waals surface area contributed by atoms with Gasteiger partial charge in [0.15, 0.2) is 5.65 Å². The molecule has 0 fully saturated rings. The Kier molecular flexibility index (Phi) is 4.20. The number of hydrogen-bond acceptors (Lipinski definition) is 4. The third kappa shape index (κ3) is 2.86. The summed E-state index contributed by atoms with van der Waals surface area (Å²) in [5.74, 6) is 0.412. The predicted octanol–water partition coefficient (Wildman–Crippen LogP) is 3.34. The van der Waals surface area contributed by atoms with Crippen molar-refractivity contribution in [2.45, 2.75) is 39.9 Å². The van der Waals surface area contributed by atoms with Crippen molar-refractivity contribution in [3.8, 4) is 0 Å². The van der Waals surface area contributed by atoms with Crippen LogP contribution in [0.15, 0.2) is 42.9 Å². The van der Waals surface area contributed by atoms with Crippen molar-refractivity contribution in [3.05, 3.63) is 59.5 Å². The zero-order chi connectivity index (χ0) is 18.3. The summed E-state index contributed by atoms with van der Waals surface area (Å²) in [6.45, 7) is 8.54. The number of aromatic nitrogens is 3. The minimum atomic E-state index is -0.178. The zero-order valence-electron chi connectivity index (χ0n) is 15.3. The van der Waals surface area contributed by atoms with Crippen LogP contribution in [0.25, 0.3) is 5.65 Å². The van der Waals surface area contributed by atoms with Gasteiger partial charge in [0.05, 0.1) is 6.20 Å². The van der Waals surface area contributed by atoms with Crippen LogP contribution in [0.1, 0.15) is 42.3 Å². The second kappa shape index (κ2) is 6.53. The summed E-state index contributed by atoms with van der Waals surface area (Å²) in [5.41, 5.74) is 4.41. The molecule has 26 heavy (non-hydrogen) atoms. The Morgan fingerprint density at radius 2 is 2.04 bits per heavy atom. The van der Waals surface area contributed by atoms with Gasteiger partial charge < -0.3 is 5.32 Å². The van der Waals surface area contributed by atoms with Gasteiger partial charge in [-0.25, -0.2) is 9.50 Å². The molecule has 3 heterocycles. The van der Waals surface area contributed by atoms with Crippen molar-refractivity contribution >= 4 is 17.2 Å². The highest BCUT2D eigenvalue weighted by Gasteiger charge is 2.27. The normalized spacial score (nSPS) is 15.4. The molecule has 1 aliphatic rings. The van der Waals surface area contributed by atoms with Gasteiger partial charge in [-0.15, -0.1) is 0 Å².